The summed E-state index contributed by atoms with van der Waals surface area (Å²) in [6.45, 7) is 4.45. The van der Waals surface area contributed by atoms with Crippen molar-refractivity contribution in [1.29, 1.82) is 0 Å². The molecule has 0 N–H and O–H groups in total. The number of fused-ring (bicyclic) bond motifs is 8. The molecule has 0 aliphatic heterocycles. The Labute approximate surface area is 220 Å². The van der Waals surface area contributed by atoms with Gasteiger partial charge >= 0.3 is 0 Å². The van der Waals surface area contributed by atoms with E-state index in [-0.39, 0.29) is 0 Å². The van der Waals surface area contributed by atoms with E-state index < -0.39 is 0 Å². The first-order valence-corrected chi connectivity index (χ1v) is 12.9. The fraction of sp³-hybridized carbons (Fsp3) is 0.121. The average Bonchev–Trinajstić information content (AvgIpc) is 3.34. The second-order valence-corrected chi connectivity index (χ2v) is 9.95. The minimum Gasteiger partial charge on any atom is -0.437 e. The summed E-state index contributed by atoms with van der Waals surface area (Å²) in [5.41, 5.74) is 8.40. The van der Waals surface area contributed by atoms with Gasteiger partial charge in [-0.25, -0.2) is 9.97 Å². The number of pyridine rings is 3. The molecule has 4 aromatic heterocycles. The van der Waals surface area contributed by atoms with Crippen molar-refractivity contribution in [2.45, 2.75) is 26.2 Å². The maximum Gasteiger partial charge on any atom is 0.219 e. The van der Waals surface area contributed by atoms with Crippen LogP contribution in [0.2, 0.25) is 0 Å². The smallest absolute Gasteiger partial charge is 0.219 e. The third-order valence-corrected chi connectivity index (χ3v) is 7.07. The Morgan fingerprint density at radius 1 is 0.789 bits per heavy atom. The van der Waals surface area contributed by atoms with E-state index >= 15 is 0 Å². The van der Waals surface area contributed by atoms with Crippen LogP contribution in [0.1, 0.15) is 36.6 Å². The number of aromatic nitrogens is 4. The number of rotatable bonds is 5. The van der Waals surface area contributed by atoms with Crippen LogP contribution in [-0.2, 0) is 6.42 Å². The summed E-state index contributed by atoms with van der Waals surface area (Å²) in [7, 11) is 0. The Morgan fingerprint density at radius 2 is 1.58 bits per heavy atom. The molecule has 0 radical (unpaired) electrons. The van der Waals surface area contributed by atoms with E-state index in [1.54, 1.807) is 6.20 Å². The van der Waals surface area contributed by atoms with Gasteiger partial charge in [-0.15, -0.1) is 0 Å². The van der Waals surface area contributed by atoms with E-state index in [0.29, 0.717) is 17.5 Å². The summed E-state index contributed by atoms with van der Waals surface area (Å²) in [6, 6.07) is 33.0. The predicted octanol–water partition coefficient (Wildman–Crippen LogP) is 8.09. The lowest BCUT2D eigenvalue weighted by atomic mass is 9.96. The van der Waals surface area contributed by atoms with Gasteiger partial charge in [0.05, 0.1) is 28.3 Å². The van der Waals surface area contributed by atoms with Crippen LogP contribution in [0.5, 0.6) is 11.6 Å². The lowest BCUT2D eigenvalue weighted by Gasteiger charge is -2.15. The highest BCUT2D eigenvalue weighted by molar-refractivity contribution is 6.13. The van der Waals surface area contributed by atoms with Crippen LogP contribution in [0, 0.1) is 0 Å². The zero-order chi connectivity index (χ0) is 25.6. The summed E-state index contributed by atoms with van der Waals surface area (Å²) in [6.07, 6.45) is 2.54. The van der Waals surface area contributed by atoms with Crippen molar-refractivity contribution in [3.05, 3.63) is 120 Å². The van der Waals surface area contributed by atoms with Gasteiger partial charge in [-0.05, 0) is 47.4 Å². The molecule has 0 unspecified atom stereocenters. The topological polar surface area (TPSA) is 52.3 Å². The van der Waals surface area contributed by atoms with E-state index in [0.717, 1.165) is 50.6 Å². The summed E-state index contributed by atoms with van der Waals surface area (Å²) in [5.74, 6) is 1.54. The van der Waals surface area contributed by atoms with Gasteiger partial charge in [0.15, 0.2) is 0 Å². The number of ether oxygens (including phenoxy) is 1. The molecule has 7 aromatic rings. The molecule has 0 saturated heterocycles. The molecule has 5 heteroatoms. The second kappa shape index (κ2) is 8.96. The van der Waals surface area contributed by atoms with Crippen LogP contribution in [-0.4, -0.2) is 19.4 Å². The minimum atomic E-state index is 0.350. The van der Waals surface area contributed by atoms with Crippen molar-refractivity contribution in [3.8, 4) is 11.6 Å². The Morgan fingerprint density at radius 3 is 2.45 bits per heavy atom. The normalized spacial score (nSPS) is 11.8. The highest BCUT2D eigenvalue weighted by Gasteiger charge is 2.18. The first kappa shape index (κ1) is 22.4. The van der Waals surface area contributed by atoms with Gasteiger partial charge in [-0.3, -0.25) is 9.38 Å². The molecule has 0 amide bonds. The first-order chi connectivity index (χ1) is 18.7. The Kier molecular flexibility index (Phi) is 5.29. The molecule has 0 spiro atoms. The third-order valence-electron chi connectivity index (χ3n) is 7.07. The minimum absolute atomic E-state index is 0.350. The molecular formula is C33H26N4O. The number of hydrogen-bond acceptors (Lipinski definition) is 4. The molecule has 0 saturated carbocycles. The van der Waals surface area contributed by atoms with Gasteiger partial charge in [0.25, 0.3) is 0 Å². The van der Waals surface area contributed by atoms with E-state index in [1.165, 1.54) is 11.1 Å². The maximum atomic E-state index is 6.27. The second-order valence-electron chi connectivity index (χ2n) is 9.95. The van der Waals surface area contributed by atoms with Gasteiger partial charge in [0.1, 0.15) is 11.4 Å². The molecule has 3 aromatic carbocycles. The van der Waals surface area contributed by atoms with E-state index in [1.807, 2.05) is 48.5 Å². The highest BCUT2D eigenvalue weighted by atomic mass is 16.5. The Bertz CT molecular complexity index is 1960. The molecule has 38 heavy (non-hydrogen) atoms. The fourth-order valence-electron chi connectivity index (χ4n) is 5.34. The van der Waals surface area contributed by atoms with Gasteiger partial charge in [-0.1, -0.05) is 74.5 Å². The van der Waals surface area contributed by atoms with Crippen LogP contribution in [0.15, 0.2) is 103 Å². The first-order valence-electron chi connectivity index (χ1n) is 12.9. The van der Waals surface area contributed by atoms with Crippen LogP contribution < -0.4 is 4.74 Å². The average molecular weight is 495 g/mol. The molecule has 4 heterocycles. The van der Waals surface area contributed by atoms with E-state index in [2.05, 4.69) is 66.8 Å². The molecule has 0 fully saturated rings. The number of imidazole rings is 1. The summed E-state index contributed by atoms with van der Waals surface area (Å²) < 4.78 is 8.52. The molecule has 0 atom stereocenters. The Hall–Kier alpha value is -4.77. The molecule has 184 valence electrons. The maximum absolute atomic E-state index is 6.27. The number of hydrogen-bond donors (Lipinski definition) is 0. The van der Waals surface area contributed by atoms with Crippen molar-refractivity contribution < 1.29 is 4.74 Å². The van der Waals surface area contributed by atoms with Crippen LogP contribution >= 0.6 is 0 Å². The van der Waals surface area contributed by atoms with Gasteiger partial charge < -0.3 is 4.74 Å². The number of benzene rings is 3. The van der Waals surface area contributed by atoms with Crippen molar-refractivity contribution >= 4 is 38.5 Å². The Balaban J connectivity index is 1.40. The quantitative estimate of drug-likeness (QED) is 0.227. The largest absolute Gasteiger partial charge is 0.437 e. The summed E-state index contributed by atoms with van der Waals surface area (Å²) in [5, 5.41) is 2.11. The monoisotopic (exact) mass is 494 g/mol. The number of nitrogens with zero attached hydrogens (tertiary/aromatic N) is 4. The molecule has 0 bridgehead atoms. The standard InChI is InChI=1S/C33H26N4O/c1-21(2)25-13-9-16-29-31(25)32-26(33-36-27-14-6-7-15-28(27)37(29)33)19-24(20-34-32)38-30-17-8-12-23(35-30)18-22-10-4-3-5-11-22/h3-17,19-21H,18H2,1-2H3. The molecule has 7 rings (SSSR count). The van der Waals surface area contributed by atoms with Gasteiger partial charge in [-0.2, -0.15) is 0 Å². The van der Waals surface area contributed by atoms with Gasteiger partial charge in [0.2, 0.25) is 5.88 Å². The lowest BCUT2D eigenvalue weighted by Crippen LogP contribution is -1.99. The van der Waals surface area contributed by atoms with E-state index in [4.69, 9.17) is 19.7 Å². The highest BCUT2D eigenvalue weighted by Crippen LogP contribution is 2.37. The molecule has 0 aliphatic carbocycles. The third kappa shape index (κ3) is 3.75. The predicted molar refractivity (Wildman–Crippen MR) is 153 cm³/mol. The zero-order valence-electron chi connectivity index (χ0n) is 21.3. The van der Waals surface area contributed by atoms with Crippen molar-refractivity contribution in [1.82, 2.24) is 19.4 Å². The van der Waals surface area contributed by atoms with Crippen molar-refractivity contribution in [2.24, 2.45) is 0 Å². The molecule has 5 nitrogen and oxygen atoms in total. The van der Waals surface area contributed by atoms with Crippen LogP contribution in [0.3, 0.4) is 0 Å². The molecular weight excluding hydrogens is 468 g/mol. The summed E-state index contributed by atoms with van der Waals surface area (Å²) >= 11 is 0. The van der Waals surface area contributed by atoms with Crippen LogP contribution in [0.4, 0.5) is 0 Å². The zero-order valence-corrected chi connectivity index (χ0v) is 21.3. The fourth-order valence-corrected chi connectivity index (χ4v) is 5.34. The van der Waals surface area contributed by atoms with Crippen molar-refractivity contribution in [2.75, 3.05) is 0 Å². The number of para-hydroxylation sites is 2. The van der Waals surface area contributed by atoms with Crippen molar-refractivity contribution in [3.63, 3.8) is 0 Å². The van der Waals surface area contributed by atoms with Crippen LogP contribution in [0.25, 0.3) is 38.5 Å². The SMILES string of the molecule is CC(C)c1cccc2c1c1ncc(Oc3cccc(Cc4ccccc4)n3)cc1c1nc3ccccc3n21. The molecule has 0 aliphatic rings. The summed E-state index contributed by atoms with van der Waals surface area (Å²) in [4.78, 5) is 14.7. The van der Waals surface area contributed by atoms with Gasteiger partial charge in [0, 0.05) is 29.0 Å². The lowest BCUT2D eigenvalue weighted by molar-refractivity contribution is 0.460. The van der Waals surface area contributed by atoms with E-state index in [9.17, 15) is 0 Å².